The van der Waals surface area contributed by atoms with Gasteiger partial charge in [0.15, 0.2) is 0 Å². The van der Waals surface area contributed by atoms with Crippen molar-refractivity contribution in [3.63, 3.8) is 0 Å². The fourth-order valence-corrected chi connectivity index (χ4v) is 1.02. The lowest BCUT2D eigenvalue weighted by Gasteiger charge is -2.22. The van der Waals surface area contributed by atoms with Crippen LogP contribution in [0.3, 0.4) is 0 Å². The molecule has 0 spiro atoms. The standard InChI is InChI=1S/C9H14F3NO3/c1-4-5(2)6(7(14)16-3)13-8(15)9(10,11)12/h5-6H,4H2,1-3H3,(H,13,15). The van der Waals surface area contributed by atoms with Gasteiger partial charge in [-0.25, -0.2) is 4.79 Å². The van der Waals surface area contributed by atoms with Crippen LogP contribution in [0.1, 0.15) is 20.3 Å². The summed E-state index contributed by atoms with van der Waals surface area (Å²) in [4.78, 5) is 21.8. The van der Waals surface area contributed by atoms with Crippen molar-refractivity contribution >= 4 is 11.9 Å². The zero-order valence-electron chi connectivity index (χ0n) is 9.22. The van der Waals surface area contributed by atoms with E-state index >= 15 is 0 Å². The molecule has 2 atom stereocenters. The van der Waals surface area contributed by atoms with Gasteiger partial charge in [-0.15, -0.1) is 0 Å². The molecule has 0 aromatic carbocycles. The fraction of sp³-hybridized carbons (Fsp3) is 0.778. The molecule has 0 aliphatic rings. The van der Waals surface area contributed by atoms with Crippen molar-refractivity contribution in [1.29, 1.82) is 0 Å². The Morgan fingerprint density at radius 2 is 1.88 bits per heavy atom. The van der Waals surface area contributed by atoms with Crippen LogP contribution in [0.2, 0.25) is 0 Å². The molecule has 4 nitrogen and oxygen atoms in total. The lowest BCUT2D eigenvalue weighted by Crippen LogP contribution is -2.50. The molecule has 0 rings (SSSR count). The third-order valence-electron chi connectivity index (χ3n) is 2.21. The zero-order chi connectivity index (χ0) is 12.9. The minimum Gasteiger partial charge on any atom is -0.467 e. The first-order valence-electron chi connectivity index (χ1n) is 4.69. The number of hydrogen-bond acceptors (Lipinski definition) is 3. The normalized spacial score (nSPS) is 15.1. The van der Waals surface area contributed by atoms with Crippen LogP contribution in [0.25, 0.3) is 0 Å². The number of methoxy groups -OCH3 is 1. The van der Waals surface area contributed by atoms with Crippen molar-refractivity contribution in [1.82, 2.24) is 5.32 Å². The summed E-state index contributed by atoms with van der Waals surface area (Å²) in [7, 11) is 1.05. The predicted molar refractivity (Wildman–Crippen MR) is 49.5 cm³/mol. The number of esters is 1. The van der Waals surface area contributed by atoms with E-state index in [9.17, 15) is 22.8 Å². The molecule has 0 aliphatic carbocycles. The van der Waals surface area contributed by atoms with Gasteiger partial charge < -0.3 is 10.1 Å². The van der Waals surface area contributed by atoms with E-state index in [0.717, 1.165) is 7.11 Å². The van der Waals surface area contributed by atoms with Crippen molar-refractivity contribution < 1.29 is 27.5 Å². The molecule has 0 aromatic heterocycles. The molecule has 0 heterocycles. The van der Waals surface area contributed by atoms with Crippen molar-refractivity contribution in [3.8, 4) is 0 Å². The van der Waals surface area contributed by atoms with Crippen LogP contribution in [-0.2, 0) is 14.3 Å². The average Bonchev–Trinajstić information content (AvgIpc) is 2.21. The van der Waals surface area contributed by atoms with Crippen LogP contribution < -0.4 is 5.32 Å². The van der Waals surface area contributed by atoms with E-state index in [0.29, 0.717) is 6.42 Å². The fourth-order valence-electron chi connectivity index (χ4n) is 1.02. The minimum atomic E-state index is -5.00. The summed E-state index contributed by atoms with van der Waals surface area (Å²) in [5, 5.41) is 1.62. The summed E-state index contributed by atoms with van der Waals surface area (Å²) in [6.45, 7) is 3.25. The van der Waals surface area contributed by atoms with E-state index < -0.39 is 30.0 Å². The molecule has 1 amide bonds. The molecule has 0 aliphatic heterocycles. The monoisotopic (exact) mass is 241 g/mol. The van der Waals surface area contributed by atoms with Crippen LogP contribution in [0.15, 0.2) is 0 Å². The van der Waals surface area contributed by atoms with Gasteiger partial charge >= 0.3 is 18.1 Å². The molecular weight excluding hydrogens is 227 g/mol. The molecule has 0 radical (unpaired) electrons. The zero-order valence-corrected chi connectivity index (χ0v) is 9.22. The topological polar surface area (TPSA) is 55.4 Å². The van der Waals surface area contributed by atoms with Gasteiger partial charge in [0.05, 0.1) is 7.11 Å². The van der Waals surface area contributed by atoms with Crippen LogP contribution in [0.5, 0.6) is 0 Å². The summed E-state index contributed by atoms with van der Waals surface area (Å²) in [6.07, 6.45) is -4.56. The highest BCUT2D eigenvalue weighted by atomic mass is 19.4. The van der Waals surface area contributed by atoms with E-state index in [2.05, 4.69) is 4.74 Å². The second-order valence-electron chi connectivity index (χ2n) is 3.36. The molecule has 2 unspecified atom stereocenters. The number of rotatable bonds is 4. The second kappa shape index (κ2) is 5.72. The third-order valence-corrected chi connectivity index (χ3v) is 2.21. The highest BCUT2D eigenvalue weighted by molar-refractivity contribution is 5.87. The van der Waals surface area contributed by atoms with Crippen molar-refractivity contribution in [2.75, 3.05) is 7.11 Å². The molecule has 0 saturated carbocycles. The summed E-state index contributed by atoms with van der Waals surface area (Å²) in [5.74, 6) is -3.45. The van der Waals surface area contributed by atoms with Crippen molar-refractivity contribution in [2.45, 2.75) is 32.5 Å². The molecule has 16 heavy (non-hydrogen) atoms. The third kappa shape index (κ3) is 4.08. The lowest BCUT2D eigenvalue weighted by atomic mass is 9.99. The van der Waals surface area contributed by atoms with Gasteiger partial charge in [-0.2, -0.15) is 13.2 Å². The number of ether oxygens (including phenoxy) is 1. The Kier molecular flexibility index (Phi) is 5.26. The molecule has 0 fully saturated rings. The maximum absolute atomic E-state index is 12.0. The van der Waals surface area contributed by atoms with E-state index in [1.54, 1.807) is 19.2 Å². The van der Waals surface area contributed by atoms with E-state index in [4.69, 9.17) is 0 Å². The maximum Gasteiger partial charge on any atom is 0.471 e. The highest BCUT2D eigenvalue weighted by Crippen LogP contribution is 2.17. The number of carbonyl (C=O) groups excluding carboxylic acids is 2. The molecular formula is C9H14F3NO3. The number of carbonyl (C=O) groups is 2. The van der Waals surface area contributed by atoms with Gasteiger partial charge in [0, 0.05) is 0 Å². The summed E-state index contributed by atoms with van der Waals surface area (Å²) in [5.41, 5.74) is 0. The maximum atomic E-state index is 12.0. The number of alkyl halides is 3. The first-order valence-corrected chi connectivity index (χ1v) is 4.69. The first kappa shape index (κ1) is 14.7. The largest absolute Gasteiger partial charge is 0.471 e. The van der Waals surface area contributed by atoms with Gasteiger partial charge in [0.1, 0.15) is 6.04 Å². The molecule has 1 N–H and O–H groups in total. The molecule has 0 bridgehead atoms. The van der Waals surface area contributed by atoms with Crippen LogP contribution in [0, 0.1) is 5.92 Å². The van der Waals surface area contributed by atoms with E-state index in [1.165, 1.54) is 0 Å². The number of hydrogen-bond donors (Lipinski definition) is 1. The summed E-state index contributed by atoms with van der Waals surface area (Å²) < 4.78 is 40.3. The number of amides is 1. The Morgan fingerprint density at radius 3 is 2.19 bits per heavy atom. The lowest BCUT2D eigenvalue weighted by molar-refractivity contribution is -0.176. The Labute approximate surface area is 91.1 Å². The van der Waals surface area contributed by atoms with Gasteiger partial charge in [0.25, 0.3) is 0 Å². The molecule has 7 heteroatoms. The van der Waals surface area contributed by atoms with E-state index in [1.807, 2.05) is 0 Å². The van der Waals surface area contributed by atoms with Gasteiger partial charge in [-0.1, -0.05) is 20.3 Å². The van der Waals surface area contributed by atoms with E-state index in [-0.39, 0.29) is 0 Å². The summed E-state index contributed by atoms with van der Waals surface area (Å²) in [6, 6.07) is -1.27. The minimum absolute atomic E-state index is 0.432. The van der Waals surface area contributed by atoms with Crippen LogP contribution >= 0.6 is 0 Å². The molecule has 0 saturated heterocycles. The number of halogens is 3. The second-order valence-corrected chi connectivity index (χ2v) is 3.36. The first-order chi connectivity index (χ1) is 7.23. The van der Waals surface area contributed by atoms with Crippen molar-refractivity contribution in [3.05, 3.63) is 0 Å². The predicted octanol–water partition coefficient (Wildman–Crippen LogP) is 1.25. The Bertz CT molecular complexity index is 265. The SMILES string of the molecule is CCC(C)C(NC(=O)C(F)(F)F)C(=O)OC. The Morgan fingerprint density at radius 1 is 1.38 bits per heavy atom. The smallest absolute Gasteiger partial charge is 0.467 e. The van der Waals surface area contributed by atoms with Crippen molar-refractivity contribution in [2.24, 2.45) is 5.92 Å². The molecule has 0 aromatic rings. The Balaban J connectivity index is 4.69. The summed E-state index contributed by atoms with van der Waals surface area (Å²) >= 11 is 0. The van der Waals surface area contributed by atoms with Crippen LogP contribution in [0.4, 0.5) is 13.2 Å². The van der Waals surface area contributed by atoms with Gasteiger partial charge in [-0.3, -0.25) is 4.79 Å². The Hall–Kier alpha value is -1.27. The quantitative estimate of drug-likeness (QED) is 0.754. The van der Waals surface area contributed by atoms with Gasteiger partial charge in [0.2, 0.25) is 0 Å². The highest BCUT2D eigenvalue weighted by Gasteiger charge is 2.41. The average molecular weight is 241 g/mol. The van der Waals surface area contributed by atoms with Crippen LogP contribution in [-0.4, -0.2) is 31.2 Å². The number of nitrogens with one attached hydrogen (secondary N) is 1. The van der Waals surface area contributed by atoms with Gasteiger partial charge in [-0.05, 0) is 5.92 Å². The molecule has 94 valence electrons.